The average molecular weight is 477 g/mol. The SMILES string of the molecule is O=c1c(-c2ccc(Cl)cc2)c(-c2ccc(CS(=O)O)cc2)cnn1-c1ccc(Cl)s1. The number of thiophene rings is 1. The van der Waals surface area contributed by atoms with E-state index in [1.165, 1.54) is 16.0 Å². The van der Waals surface area contributed by atoms with Crippen molar-refractivity contribution in [2.45, 2.75) is 5.75 Å². The lowest BCUT2D eigenvalue weighted by atomic mass is 9.97. The van der Waals surface area contributed by atoms with E-state index in [1.54, 1.807) is 54.7 Å². The molecule has 4 aromatic rings. The van der Waals surface area contributed by atoms with Gasteiger partial charge in [-0.25, -0.2) is 4.21 Å². The van der Waals surface area contributed by atoms with Crippen molar-refractivity contribution >= 4 is 45.6 Å². The Labute approximate surface area is 188 Å². The molecule has 0 fully saturated rings. The van der Waals surface area contributed by atoms with Crippen LogP contribution in [0.3, 0.4) is 0 Å². The van der Waals surface area contributed by atoms with Gasteiger partial charge in [-0.15, -0.1) is 11.3 Å². The van der Waals surface area contributed by atoms with Crippen LogP contribution in [0.2, 0.25) is 9.36 Å². The second-order valence-corrected chi connectivity index (χ2v) is 9.46. The zero-order valence-electron chi connectivity index (χ0n) is 15.3. The van der Waals surface area contributed by atoms with Gasteiger partial charge in [-0.1, -0.05) is 59.6 Å². The maximum Gasteiger partial charge on any atom is 0.280 e. The van der Waals surface area contributed by atoms with E-state index >= 15 is 0 Å². The molecule has 0 saturated carbocycles. The zero-order valence-corrected chi connectivity index (χ0v) is 18.4. The van der Waals surface area contributed by atoms with E-state index in [-0.39, 0.29) is 11.3 Å². The molecule has 0 aliphatic carbocycles. The Hall–Kier alpha value is -2.29. The molecule has 1 N–H and O–H groups in total. The van der Waals surface area contributed by atoms with Gasteiger partial charge in [0.15, 0.2) is 11.1 Å². The molecule has 1 atom stereocenters. The summed E-state index contributed by atoms with van der Waals surface area (Å²) in [4.78, 5) is 13.4. The minimum absolute atomic E-state index is 0.0449. The van der Waals surface area contributed by atoms with Crippen LogP contribution >= 0.6 is 34.5 Å². The molecule has 0 aliphatic heterocycles. The highest BCUT2D eigenvalue weighted by molar-refractivity contribution is 7.78. The van der Waals surface area contributed by atoms with Gasteiger partial charge in [0.25, 0.3) is 5.56 Å². The van der Waals surface area contributed by atoms with Crippen LogP contribution in [-0.4, -0.2) is 18.5 Å². The Morgan fingerprint density at radius 1 is 0.967 bits per heavy atom. The van der Waals surface area contributed by atoms with Crippen molar-refractivity contribution in [1.82, 2.24) is 9.78 Å². The molecule has 0 spiro atoms. The van der Waals surface area contributed by atoms with E-state index in [4.69, 9.17) is 27.8 Å². The summed E-state index contributed by atoms with van der Waals surface area (Å²) in [5.41, 5.74) is 3.05. The van der Waals surface area contributed by atoms with Crippen LogP contribution in [0.4, 0.5) is 0 Å². The number of benzene rings is 2. The molecule has 2 heterocycles. The monoisotopic (exact) mass is 476 g/mol. The molecule has 0 aliphatic rings. The molecule has 2 aromatic carbocycles. The van der Waals surface area contributed by atoms with Gasteiger partial charge in [-0.2, -0.15) is 9.78 Å². The molecule has 152 valence electrons. The zero-order chi connectivity index (χ0) is 21.3. The first-order chi connectivity index (χ1) is 14.4. The lowest BCUT2D eigenvalue weighted by Gasteiger charge is -2.12. The van der Waals surface area contributed by atoms with Crippen LogP contribution in [0.15, 0.2) is 71.7 Å². The quantitative estimate of drug-likeness (QED) is 0.377. The number of nitrogens with zero attached hydrogens (tertiary/aromatic N) is 2. The highest BCUT2D eigenvalue weighted by Gasteiger charge is 2.17. The van der Waals surface area contributed by atoms with Crippen LogP contribution < -0.4 is 5.56 Å². The number of rotatable bonds is 5. The van der Waals surface area contributed by atoms with Crippen LogP contribution in [0, 0.1) is 0 Å². The Morgan fingerprint density at radius 3 is 2.23 bits per heavy atom. The highest BCUT2D eigenvalue weighted by atomic mass is 35.5. The average Bonchev–Trinajstić information content (AvgIpc) is 3.15. The smallest absolute Gasteiger partial charge is 0.280 e. The first-order valence-corrected chi connectivity index (χ1v) is 11.6. The molecule has 0 amide bonds. The van der Waals surface area contributed by atoms with Crippen molar-refractivity contribution in [3.8, 4) is 27.3 Å². The summed E-state index contributed by atoms with van der Waals surface area (Å²) < 4.78 is 22.0. The third kappa shape index (κ3) is 4.40. The van der Waals surface area contributed by atoms with Crippen LogP contribution in [0.25, 0.3) is 27.3 Å². The Bertz CT molecular complexity index is 1280. The predicted octanol–water partition coefficient (Wildman–Crippen LogP) is 5.66. The van der Waals surface area contributed by atoms with E-state index in [2.05, 4.69) is 5.10 Å². The third-order valence-electron chi connectivity index (χ3n) is 4.43. The summed E-state index contributed by atoms with van der Waals surface area (Å²) >= 11 is 11.4. The number of hydrogen-bond donors (Lipinski definition) is 1. The van der Waals surface area contributed by atoms with Crippen molar-refractivity contribution < 1.29 is 8.76 Å². The van der Waals surface area contributed by atoms with E-state index in [1.807, 2.05) is 12.1 Å². The fraction of sp³-hybridized carbons (Fsp3) is 0.0476. The van der Waals surface area contributed by atoms with Crippen LogP contribution in [-0.2, 0) is 16.8 Å². The summed E-state index contributed by atoms with van der Waals surface area (Å²) in [5, 5.41) is 5.54. The molecule has 30 heavy (non-hydrogen) atoms. The standard InChI is InChI=1S/C21H14Cl2N2O3S2/c22-16-7-5-15(6-8-16)20-17(14-3-1-13(2-4-14)12-30(27)28)11-24-25(21(20)26)19-10-9-18(23)29-19/h1-11H,12H2,(H,27,28). The minimum atomic E-state index is -1.92. The summed E-state index contributed by atoms with van der Waals surface area (Å²) in [6, 6.07) is 17.6. The van der Waals surface area contributed by atoms with Crippen molar-refractivity contribution in [2.24, 2.45) is 0 Å². The molecular weight excluding hydrogens is 463 g/mol. The third-order valence-corrected chi connectivity index (χ3v) is 6.47. The molecule has 0 bridgehead atoms. The van der Waals surface area contributed by atoms with Gasteiger partial charge < -0.3 is 4.55 Å². The number of halogens is 2. The fourth-order valence-electron chi connectivity index (χ4n) is 3.07. The normalized spacial score (nSPS) is 12.1. The molecule has 2 aromatic heterocycles. The van der Waals surface area contributed by atoms with Gasteiger partial charge in [-0.3, -0.25) is 4.79 Å². The van der Waals surface area contributed by atoms with E-state index in [9.17, 15) is 9.00 Å². The first-order valence-electron chi connectivity index (χ1n) is 8.73. The maximum absolute atomic E-state index is 13.4. The fourth-order valence-corrected chi connectivity index (χ4v) is 4.66. The van der Waals surface area contributed by atoms with Gasteiger partial charge in [0.05, 0.1) is 21.8 Å². The summed E-state index contributed by atoms with van der Waals surface area (Å²) in [6.07, 6.45) is 1.64. The Balaban J connectivity index is 1.90. The van der Waals surface area contributed by atoms with Gasteiger partial charge in [0, 0.05) is 10.6 Å². The van der Waals surface area contributed by atoms with Crippen molar-refractivity contribution in [1.29, 1.82) is 0 Å². The summed E-state index contributed by atoms with van der Waals surface area (Å²) in [6.45, 7) is 0. The van der Waals surface area contributed by atoms with E-state index < -0.39 is 11.1 Å². The summed E-state index contributed by atoms with van der Waals surface area (Å²) in [7, 11) is 0. The maximum atomic E-state index is 13.4. The van der Waals surface area contributed by atoms with Gasteiger partial charge in [0.1, 0.15) is 5.00 Å². The van der Waals surface area contributed by atoms with Crippen molar-refractivity contribution in [3.05, 3.63) is 92.1 Å². The first kappa shape index (κ1) is 21.0. The molecule has 4 rings (SSSR count). The molecule has 1 unspecified atom stereocenters. The van der Waals surface area contributed by atoms with Crippen LogP contribution in [0.1, 0.15) is 5.56 Å². The number of aromatic nitrogens is 2. The lowest BCUT2D eigenvalue weighted by Crippen LogP contribution is -2.22. The van der Waals surface area contributed by atoms with Crippen molar-refractivity contribution in [3.63, 3.8) is 0 Å². The lowest BCUT2D eigenvalue weighted by molar-refractivity contribution is 0.563. The predicted molar refractivity (Wildman–Crippen MR) is 123 cm³/mol. The van der Waals surface area contributed by atoms with Gasteiger partial charge in [0.2, 0.25) is 0 Å². The Morgan fingerprint density at radius 2 is 1.63 bits per heavy atom. The second kappa shape index (κ2) is 8.83. The largest absolute Gasteiger partial charge is 0.306 e. The molecule has 9 heteroatoms. The molecular formula is C21H14Cl2N2O3S2. The second-order valence-electron chi connectivity index (χ2n) is 6.40. The van der Waals surface area contributed by atoms with Crippen LogP contribution in [0.5, 0.6) is 0 Å². The topological polar surface area (TPSA) is 72.2 Å². The molecule has 0 radical (unpaired) electrons. The highest BCUT2D eigenvalue weighted by Crippen LogP contribution is 2.31. The molecule has 0 saturated heterocycles. The Kier molecular flexibility index (Phi) is 6.17. The van der Waals surface area contributed by atoms with Gasteiger partial charge in [-0.05, 0) is 41.0 Å². The number of hydrogen-bond acceptors (Lipinski definition) is 4. The van der Waals surface area contributed by atoms with E-state index in [0.29, 0.717) is 31.1 Å². The van der Waals surface area contributed by atoms with Gasteiger partial charge >= 0.3 is 0 Å². The molecule has 5 nitrogen and oxygen atoms in total. The van der Waals surface area contributed by atoms with Crippen molar-refractivity contribution in [2.75, 3.05) is 0 Å². The van der Waals surface area contributed by atoms with E-state index in [0.717, 1.165) is 11.1 Å². The minimum Gasteiger partial charge on any atom is -0.306 e. The summed E-state index contributed by atoms with van der Waals surface area (Å²) in [5.74, 6) is 0.0449.